The van der Waals surface area contributed by atoms with Crippen LogP contribution in [0, 0.1) is 0 Å². The zero-order valence-electron chi connectivity index (χ0n) is 11.6. The van der Waals surface area contributed by atoms with Crippen molar-refractivity contribution < 1.29 is 19.4 Å². The molecule has 0 radical (unpaired) electrons. The van der Waals surface area contributed by atoms with Crippen LogP contribution in [0.5, 0.6) is 11.6 Å². The number of carbonyl (C=O) groups is 1. The van der Waals surface area contributed by atoms with E-state index < -0.39 is 5.97 Å². The van der Waals surface area contributed by atoms with Gasteiger partial charge in [0, 0.05) is 10.8 Å². The zero-order valence-corrected chi connectivity index (χ0v) is 11.6. The van der Waals surface area contributed by atoms with Crippen molar-refractivity contribution in [3.63, 3.8) is 0 Å². The third-order valence-corrected chi connectivity index (χ3v) is 3.41. The largest absolute Gasteiger partial charge is 0.502 e. The Kier molecular flexibility index (Phi) is 3.10. The van der Waals surface area contributed by atoms with Crippen molar-refractivity contribution in [3.05, 3.63) is 42.0 Å². The molecule has 0 saturated carbocycles. The molecule has 1 N–H and O–H groups in total. The normalized spacial score (nSPS) is 10.8. The van der Waals surface area contributed by atoms with Gasteiger partial charge in [0.05, 0.1) is 19.7 Å². The van der Waals surface area contributed by atoms with Gasteiger partial charge in [0.25, 0.3) is 5.88 Å². The van der Waals surface area contributed by atoms with E-state index in [0.29, 0.717) is 10.9 Å². The molecule has 2 aromatic carbocycles. The van der Waals surface area contributed by atoms with Crippen LogP contribution in [0.15, 0.2) is 36.4 Å². The number of ether oxygens (including phenoxy) is 2. The Labute approximate surface area is 120 Å². The fourth-order valence-corrected chi connectivity index (χ4v) is 2.42. The summed E-state index contributed by atoms with van der Waals surface area (Å²) in [5, 5.41) is 12.6. The number of pyridine rings is 1. The first-order valence-electron chi connectivity index (χ1n) is 6.34. The molecule has 1 heterocycles. The standard InChI is InChI=1S/C16H13NO4/c1-20-15-14(18)12(16(19)21-2)11-8-7-9-5-3-4-6-10(9)13(11)17-15/h3-8,18H,1-2H3. The highest BCUT2D eigenvalue weighted by molar-refractivity contribution is 6.14. The molecule has 0 unspecified atom stereocenters. The van der Waals surface area contributed by atoms with E-state index in [-0.39, 0.29) is 17.2 Å². The van der Waals surface area contributed by atoms with Crippen LogP contribution in [0.4, 0.5) is 0 Å². The lowest BCUT2D eigenvalue weighted by molar-refractivity contribution is 0.0599. The van der Waals surface area contributed by atoms with E-state index in [1.807, 2.05) is 30.3 Å². The zero-order chi connectivity index (χ0) is 15.0. The third-order valence-electron chi connectivity index (χ3n) is 3.41. The van der Waals surface area contributed by atoms with Crippen molar-refractivity contribution in [1.82, 2.24) is 4.98 Å². The fraction of sp³-hybridized carbons (Fsp3) is 0.125. The Balaban J connectivity index is 2.52. The molecule has 3 rings (SSSR count). The smallest absolute Gasteiger partial charge is 0.342 e. The van der Waals surface area contributed by atoms with Crippen molar-refractivity contribution in [1.29, 1.82) is 0 Å². The van der Waals surface area contributed by atoms with E-state index >= 15 is 0 Å². The lowest BCUT2D eigenvalue weighted by Crippen LogP contribution is -2.05. The Morgan fingerprint density at radius 1 is 1.10 bits per heavy atom. The predicted octanol–water partition coefficient (Wildman–Crippen LogP) is 2.89. The number of fused-ring (bicyclic) bond motifs is 3. The van der Waals surface area contributed by atoms with Crippen molar-refractivity contribution in [2.45, 2.75) is 0 Å². The van der Waals surface area contributed by atoms with Gasteiger partial charge < -0.3 is 14.6 Å². The average Bonchev–Trinajstić information content (AvgIpc) is 2.53. The van der Waals surface area contributed by atoms with E-state index in [1.165, 1.54) is 14.2 Å². The van der Waals surface area contributed by atoms with Crippen molar-refractivity contribution in [2.24, 2.45) is 0 Å². The Morgan fingerprint density at radius 3 is 2.57 bits per heavy atom. The number of methoxy groups -OCH3 is 2. The van der Waals surface area contributed by atoms with Gasteiger partial charge in [-0.25, -0.2) is 9.78 Å². The van der Waals surface area contributed by atoms with Gasteiger partial charge in [0.15, 0.2) is 5.75 Å². The van der Waals surface area contributed by atoms with Crippen molar-refractivity contribution in [3.8, 4) is 11.6 Å². The summed E-state index contributed by atoms with van der Waals surface area (Å²) in [6.07, 6.45) is 0. The highest BCUT2D eigenvalue weighted by atomic mass is 16.5. The number of esters is 1. The van der Waals surface area contributed by atoms with Crippen LogP contribution in [0.1, 0.15) is 10.4 Å². The highest BCUT2D eigenvalue weighted by Crippen LogP contribution is 2.36. The van der Waals surface area contributed by atoms with E-state index in [0.717, 1.165) is 10.8 Å². The second-order valence-electron chi connectivity index (χ2n) is 4.52. The summed E-state index contributed by atoms with van der Waals surface area (Å²) in [5.74, 6) is -0.945. The molecule has 5 heteroatoms. The van der Waals surface area contributed by atoms with Gasteiger partial charge in [0.2, 0.25) is 0 Å². The molecule has 0 spiro atoms. The summed E-state index contributed by atoms with van der Waals surface area (Å²) in [7, 11) is 2.65. The predicted molar refractivity (Wildman–Crippen MR) is 78.8 cm³/mol. The number of carbonyl (C=O) groups excluding carboxylic acids is 1. The lowest BCUT2D eigenvalue weighted by Gasteiger charge is -2.12. The van der Waals surface area contributed by atoms with Gasteiger partial charge in [-0.2, -0.15) is 0 Å². The summed E-state index contributed by atoms with van der Waals surface area (Å²) < 4.78 is 9.82. The molecular formula is C16H13NO4. The Bertz CT molecular complexity index is 858. The van der Waals surface area contributed by atoms with Crippen LogP contribution in [0.3, 0.4) is 0 Å². The monoisotopic (exact) mass is 283 g/mol. The third kappa shape index (κ3) is 1.94. The van der Waals surface area contributed by atoms with Crippen LogP contribution < -0.4 is 4.74 Å². The van der Waals surface area contributed by atoms with Crippen LogP contribution in [-0.4, -0.2) is 30.3 Å². The Hall–Kier alpha value is -2.82. The van der Waals surface area contributed by atoms with Crippen molar-refractivity contribution in [2.75, 3.05) is 14.2 Å². The summed E-state index contributed by atoms with van der Waals surface area (Å²) in [6.45, 7) is 0. The number of hydrogen-bond acceptors (Lipinski definition) is 5. The molecule has 0 bridgehead atoms. The van der Waals surface area contributed by atoms with Gasteiger partial charge in [-0.15, -0.1) is 0 Å². The summed E-state index contributed by atoms with van der Waals surface area (Å²) >= 11 is 0. The first-order valence-corrected chi connectivity index (χ1v) is 6.34. The van der Waals surface area contributed by atoms with Crippen LogP contribution in [0.25, 0.3) is 21.7 Å². The minimum Gasteiger partial charge on any atom is -0.502 e. The van der Waals surface area contributed by atoms with Gasteiger partial charge >= 0.3 is 5.97 Å². The first-order chi connectivity index (χ1) is 10.2. The number of benzene rings is 2. The topological polar surface area (TPSA) is 68.7 Å². The van der Waals surface area contributed by atoms with Crippen LogP contribution in [0.2, 0.25) is 0 Å². The number of aromatic nitrogens is 1. The molecule has 0 fully saturated rings. The van der Waals surface area contributed by atoms with Crippen LogP contribution in [-0.2, 0) is 4.74 Å². The SMILES string of the molecule is COC(=O)c1c(O)c(OC)nc2c1ccc1ccccc12. The van der Waals surface area contributed by atoms with Crippen LogP contribution >= 0.6 is 0 Å². The molecular weight excluding hydrogens is 270 g/mol. The second kappa shape index (κ2) is 4.94. The minimum absolute atomic E-state index is 0.000692. The molecule has 1 aromatic heterocycles. The Morgan fingerprint density at radius 2 is 1.86 bits per heavy atom. The number of rotatable bonds is 2. The quantitative estimate of drug-likeness (QED) is 0.578. The molecule has 0 aliphatic heterocycles. The molecule has 0 amide bonds. The minimum atomic E-state index is -0.631. The molecule has 106 valence electrons. The molecule has 0 saturated heterocycles. The number of hydrogen-bond donors (Lipinski definition) is 1. The van der Waals surface area contributed by atoms with Gasteiger partial charge in [0.1, 0.15) is 5.56 Å². The molecule has 0 aliphatic carbocycles. The number of aromatic hydroxyl groups is 1. The summed E-state index contributed by atoms with van der Waals surface area (Å²) in [4.78, 5) is 16.3. The molecule has 0 atom stereocenters. The molecule has 21 heavy (non-hydrogen) atoms. The maximum Gasteiger partial charge on any atom is 0.342 e. The van der Waals surface area contributed by atoms with E-state index in [4.69, 9.17) is 9.47 Å². The van der Waals surface area contributed by atoms with Gasteiger partial charge in [-0.3, -0.25) is 0 Å². The number of nitrogens with zero attached hydrogens (tertiary/aromatic N) is 1. The van der Waals surface area contributed by atoms with E-state index in [1.54, 1.807) is 6.07 Å². The lowest BCUT2D eigenvalue weighted by atomic mass is 10.0. The van der Waals surface area contributed by atoms with Crippen molar-refractivity contribution >= 4 is 27.6 Å². The molecule has 3 aromatic rings. The average molecular weight is 283 g/mol. The second-order valence-corrected chi connectivity index (χ2v) is 4.52. The maximum atomic E-state index is 12.0. The fourth-order valence-electron chi connectivity index (χ4n) is 2.42. The summed E-state index contributed by atoms with van der Waals surface area (Å²) in [5.41, 5.74) is 0.647. The highest BCUT2D eigenvalue weighted by Gasteiger charge is 2.22. The van der Waals surface area contributed by atoms with Gasteiger partial charge in [-0.1, -0.05) is 36.4 Å². The summed E-state index contributed by atoms with van der Waals surface area (Å²) in [6, 6.07) is 11.3. The first kappa shape index (κ1) is 13.2. The molecule has 0 aliphatic rings. The molecule has 5 nitrogen and oxygen atoms in total. The maximum absolute atomic E-state index is 12.0. The van der Waals surface area contributed by atoms with E-state index in [9.17, 15) is 9.90 Å². The van der Waals surface area contributed by atoms with Gasteiger partial charge in [-0.05, 0) is 5.39 Å². The van der Waals surface area contributed by atoms with E-state index in [2.05, 4.69) is 4.98 Å².